The first-order chi connectivity index (χ1) is 7.29. The number of halogens is 1. The molecule has 0 aromatic carbocycles. The summed E-state index contributed by atoms with van der Waals surface area (Å²) in [6, 6.07) is 1.86. The van der Waals surface area contributed by atoms with Gasteiger partial charge in [0, 0.05) is 30.3 Å². The third-order valence-corrected chi connectivity index (χ3v) is 3.98. The van der Waals surface area contributed by atoms with Gasteiger partial charge in [-0.25, -0.2) is 9.97 Å². The van der Waals surface area contributed by atoms with E-state index in [0.29, 0.717) is 4.83 Å². The summed E-state index contributed by atoms with van der Waals surface area (Å²) >= 11 is 3.74. The fourth-order valence-corrected chi connectivity index (χ4v) is 2.99. The second-order valence-electron chi connectivity index (χ2n) is 4.04. The minimum atomic E-state index is 0.631. The van der Waals surface area contributed by atoms with Gasteiger partial charge in [-0.3, -0.25) is 4.90 Å². The number of hydrogen-bond acceptors (Lipinski definition) is 3. The molecule has 0 amide bonds. The number of rotatable bonds is 3. The van der Waals surface area contributed by atoms with E-state index in [0.717, 1.165) is 31.4 Å². The SMILES string of the molecule is CCC1CN(Cc2ncccn2)CC1Br. The Morgan fingerprint density at radius 3 is 2.73 bits per heavy atom. The van der Waals surface area contributed by atoms with Crippen LogP contribution in [0, 0.1) is 5.92 Å². The lowest BCUT2D eigenvalue weighted by molar-refractivity contribution is 0.307. The van der Waals surface area contributed by atoms with Gasteiger partial charge in [0.2, 0.25) is 0 Å². The fourth-order valence-electron chi connectivity index (χ4n) is 2.04. The predicted octanol–water partition coefficient (Wildman–Crippen LogP) is 2.08. The van der Waals surface area contributed by atoms with E-state index in [1.54, 1.807) is 12.4 Å². The largest absolute Gasteiger partial charge is 0.294 e. The first-order valence-electron chi connectivity index (χ1n) is 5.42. The van der Waals surface area contributed by atoms with Gasteiger partial charge < -0.3 is 0 Å². The molecule has 2 rings (SSSR count). The van der Waals surface area contributed by atoms with Crippen LogP contribution in [0.5, 0.6) is 0 Å². The molecule has 2 heterocycles. The molecule has 0 radical (unpaired) electrons. The number of alkyl halides is 1. The van der Waals surface area contributed by atoms with E-state index in [1.165, 1.54) is 6.42 Å². The van der Waals surface area contributed by atoms with Crippen molar-refractivity contribution in [1.82, 2.24) is 14.9 Å². The Morgan fingerprint density at radius 2 is 2.13 bits per heavy atom. The van der Waals surface area contributed by atoms with Crippen molar-refractivity contribution in [3.63, 3.8) is 0 Å². The molecule has 1 aromatic rings. The van der Waals surface area contributed by atoms with Gasteiger partial charge in [-0.15, -0.1) is 0 Å². The molecule has 3 nitrogen and oxygen atoms in total. The van der Waals surface area contributed by atoms with Crippen LogP contribution in [0.4, 0.5) is 0 Å². The summed E-state index contributed by atoms with van der Waals surface area (Å²) in [6.07, 6.45) is 4.85. The molecule has 0 aliphatic carbocycles. The van der Waals surface area contributed by atoms with Crippen LogP contribution >= 0.6 is 15.9 Å². The molecule has 4 heteroatoms. The van der Waals surface area contributed by atoms with Gasteiger partial charge in [0.05, 0.1) is 6.54 Å². The highest BCUT2D eigenvalue weighted by Gasteiger charge is 2.29. The Labute approximate surface area is 99.0 Å². The van der Waals surface area contributed by atoms with Gasteiger partial charge in [-0.2, -0.15) is 0 Å². The molecular formula is C11H16BrN3. The molecule has 0 saturated carbocycles. The molecule has 0 spiro atoms. The number of nitrogens with zero attached hydrogens (tertiary/aromatic N) is 3. The molecule has 1 saturated heterocycles. The van der Waals surface area contributed by atoms with E-state index in [4.69, 9.17) is 0 Å². The first kappa shape index (κ1) is 11.0. The third kappa shape index (κ3) is 2.75. The van der Waals surface area contributed by atoms with Crippen LogP contribution in [0.3, 0.4) is 0 Å². The smallest absolute Gasteiger partial charge is 0.142 e. The zero-order valence-corrected chi connectivity index (χ0v) is 10.5. The van der Waals surface area contributed by atoms with Gasteiger partial charge >= 0.3 is 0 Å². The molecule has 1 aromatic heterocycles. The molecule has 82 valence electrons. The van der Waals surface area contributed by atoms with Crippen LogP contribution in [0.25, 0.3) is 0 Å². The molecule has 2 atom stereocenters. The lowest BCUT2D eigenvalue weighted by Gasteiger charge is -2.13. The van der Waals surface area contributed by atoms with Crippen LogP contribution in [0.1, 0.15) is 19.2 Å². The van der Waals surface area contributed by atoms with Crippen molar-refractivity contribution < 1.29 is 0 Å². The summed E-state index contributed by atoms with van der Waals surface area (Å²) < 4.78 is 0. The topological polar surface area (TPSA) is 29.0 Å². The fraction of sp³-hybridized carbons (Fsp3) is 0.636. The zero-order valence-electron chi connectivity index (χ0n) is 8.93. The number of likely N-dealkylation sites (tertiary alicyclic amines) is 1. The van der Waals surface area contributed by atoms with Gasteiger partial charge in [-0.05, 0) is 12.0 Å². The molecular weight excluding hydrogens is 254 g/mol. The van der Waals surface area contributed by atoms with E-state index in [2.05, 4.69) is 37.7 Å². The van der Waals surface area contributed by atoms with E-state index < -0.39 is 0 Å². The Kier molecular flexibility index (Phi) is 3.70. The second kappa shape index (κ2) is 5.03. The van der Waals surface area contributed by atoms with Crippen molar-refractivity contribution >= 4 is 15.9 Å². The minimum Gasteiger partial charge on any atom is -0.294 e. The lowest BCUT2D eigenvalue weighted by Crippen LogP contribution is -2.21. The van der Waals surface area contributed by atoms with E-state index in [1.807, 2.05) is 6.07 Å². The van der Waals surface area contributed by atoms with Crippen LogP contribution in [-0.4, -0.2) is 32.8 Å². The Morgan fingerprint density at radius 1 is 1.40 bits per heavy atom. The summed E-state index contributed by atoms with van der Waals surface area (Å²) in [5.74, 6) is 1.70. The summed E-state index contributed by atoms with van der Waals surface area (Å²) in [4.78, 5) is 11.6. The average Bonchev–Trinajstić information content (AvgIpc) is 2.60. The molecule has 1 aliphatic rings. The highest BCUT2D eigenvalue weighted by molar-refractivity contribution is 9.09. The molecule has 2 unspecified atom stereocenters. The van der Waals surface area contributed by atoms with Crippen LogP contribution in [0.15, 0.2) is 18.5 Å². The third-order valence-electron chi connectivity index (χ3n) is 2.95. The van der Waals surface area contributed by atoms with Crippen molar-refractivity contribution in [2.75, 3.05) is 13.1 Å². The Bertz CT molecular complexity index is 304. The Balaban J connectivity index is 1.92. The standard InChI is InChI=1S/C11H16BrN3/c1-2-9-6-15(7-10(9)12)8-11-13-4-3-5-14-11/h3-5,9-10H,2,6-8H2,1H3. The van der Waals surface area contributed by atoms with Gasteiger partial charge in [0.1, 0.15) is 5.82 Å². The van der Waals surface area contributed by atoms with E-state index >= 15 is 0 Å². The lowest BCUT2D eigenvalue weighted by atomic mass is 10.1. The van der Waals surface area contributed by atoms with E-state index in [9.17, 15) is 0 Å². The number of hydrogen-bond donors (Lipinski definition) is 0. The van der Waals surface area contributed by atoms with Crippen LogP contribution < -0.4 is 0 Å². The van der Waals surface area contributed by atoms with Crippen molar-refractivity contribution in [2.24, 2.45) is 5.92 Å². The van der Waals surface area contributed by atoms with Gasteiger partial charge in [0.15, 0.2) is 0 Å². The normalized spacial score (nSPS) is 27.1. The van der Waals surface area contributed by atoms with Gasteiger partial charge in [0.25, 0.3) is 0 Å². The van der Waals surface area contributed by atoms with E-state index in [-0.39, 0.29) is 0 Å². The summed E-state index contributed by atoms with van der Waals surface area (Å²) in [7, 11) is 0. The molecule has 0 N–H and O–H groups in total. The molecule has 15 heavy (non-hydrogen) atoms. The monoisotopic (exact) mass is 269 g/mol. The number of aromatic nitrogens is 2. The summed E-state index contributed by atoms with van der Waals surface area (Å²) in [6.45, 7) is 5.39. The van der Waals surface area contributed by atoms with Crippen molar-refractivity contribution in [2.45, 2.75) is 24.7 Å². The van der Waals surface area contributed by atoms with Crippen molar-refractivity contribution in [3.8, 4) is 0 Å². The maximum atomic E-state index is 4.25. The van der Waals surface area contributed by atoms with Crippen LogP contribution in [-0.2, 0) is 6.54 Å². The zero-order chi connectivity index (χ0) is 10.7. The Hall–Kier alpha value is -0.480. The van der Waals surface area contributed by atoms with Crippen molar-refractivity contribution in [3.05, 3.63) is 24.3 Å². The minimum absolute atomic E-state index is 0.631. The second-order valence-corrected chi connectivity index (χ2v) is 5.22. The maximum Gasteiger partial charge on any atom is 0.142 e. The van der Waals surface area contributed by atoms with Crippen molar-refractivity contribution in [1.29, 1.82) is 0 Å². The summed E-state index contributed by atoms with van der Waals surface area (Å²) in [5.41, 5.74) is 0. The van der Waals surface area contributed by atoms with Gasteiger partial charge in [-0.1, -0.05) is 29.3 Å². The summed E-state index contributed by atoms with van der Waals surface area (Å²) in [5, 5.41) is 0. The quantitative estimate of drug-likeness (QED) is 0.787. The highest BCUT2D eigenvalue weighted by atomic mass is 79.9. The van der Waals surface area contributed by atoms with Crippen LogP contribution in [0.2, 0.25) is 0 Å². The first-order valence-corrected chi connectivity index (χ1v) is 6.33. The average molecular weight is 270 g/mol. The predicted molar refractivity (Wildman–Crippen MR) is 63.8 cm³/mol. The molecule has 1 aliphatic heterocycles. The molecule has 0 bridgehead atoms. The maximum absolute atomic E-state index is 4.25. The molecule has 1 fully saturated rings. The highest BCUT2D eigenvalue weighted by Crippen LogP contribution is 2.26.